The molecule has 4 heteroatoms. The summed E-state index contributed by atoms with van der Waals surface area (Å²) in [6.45, 7) is 8.42. The van der Waals surface area contributed by atoms with Crippen LogP contribution in [0.4, 0.5) is 0 Å². The summed E-state index contributed by atoms with van der Waals surface area (Å²) in [4.78, 5) is 11.4. The van der Waals surface area contributed by atoms with Crippen molar-refractivity contribution in [2.45, 2.75) is 52.0 Å². The summed E-state index contributed by atoms with van der Waals surface area (Å²) in [5.41, 5.74) is 0. The first-order valence-electron chi connectivity index (χ1n) is 5.69. The molecule has 90 valence electrons. The van der Waals surface area contributed by atoms with Gasteiger partial charge in [0.15, 0.2) is 0 Å². The fraction of sp³-hybridized carbons (Fsp3) is 0.909. The number of carbonyl (C=O) groups excluding carboxylic acids is 1. The number of hydrogen-bond donors (Lipinski definition) is 1. The van der Waals surface area contributed by atoms with Crippen LogP contribution in [-0.2, 0) is 9.53 Å². The molecule has 0 aromatic heterocycles. The number of ether oxygens (including phenoxy) is 1. The Balaban J connectivity index is 3.96. The van der Waals surface area contributed by atoms with Crippen LogP contribution in [-0.4, -0.2) is 29.7 Å². The maximum Gasteiger partial charge on any atom is 0.322 e. The van der Waals surface area contributed by atoms with E-state index in [0.29, 0.717) is 12.0 Å². The van der Waals surface area contributed by atoms with Crippen LogP contribution in [0.5, 0.6) is 0 Å². The van der Waals surface area contributed by atoms with Crippen molar-refractivity contribution in [3.05, 3.63) is 0 Å². The Morgan fingerprint density at radius 1 is 1.40 bits per heavy atom. The molecule has 0 aromatic carbocycles. The summed E-state index contributed by atoms with van der Waals surface area (Å²) >= 11 is 1.85. The van der Waals surface area contributed by atoms with E-state index in [1.165, 1.54) is 0 Å². The predicted molar refractivity (Wildman–Crippen MR) is 66.1 cm³/mol. The fourth-order valence-electron chi connectivity index (χ4n) is 1.29. The molecule has 0 amide bonds. The third-order valence-electron chi connectivity index (χ3n) is 1.99. The van der Waals surface area contributed by atoms with E-state index in [1.807, 2.05) is 25.6 Å². The first kappa shape index (κ1) is 14.8. The molecule has 1 N–H and O–H groups in total. The van der Waals surface area contributed by atoms with Gasteiger partial charge in [-0.15, -0.1) is 11.8 Å². The minimum atomic E-state index is -0.208. The smallest absolute Gasteiger partial charge is 0.322 e. The molecule has 3 nitrogen and oxygen atoms in total. The molecular weight excluding hydrogens is 210 g/mol. The molecule has 0 spiro atoms. The molecule has 0 aliphatic rings. The molecule has 0 heterocycles. The van der Waals surface area contributed by atoms with Gasteiger partial charge in [0.1, 0.15) is 6.04 Å². The quantitative estimate of drug-likeness (QED) is 0.516. The minimum Gasteiger partial charge on any atom is -0.465 e. The molecule has 2 atom stereocenters. The summed E-state index contributed by atoms with van der Waals surface area (Å²) in [6, 6.07) is -0.208. The second-order valence-corrected chi connectivity index (χ2v) is 4.85. The van der Waals surface area contributed by atoms with Gasteiger partial charge in [-0.1, -0.05) is 20.3 Å². The van der Waals surface area contributed by atoms with Crippen LogP contribution < -0.4 is 5.32 Å². The SMILES string of the molecule is CCCC(N[C@@H](C)C(=O)OCC)SCC. The molecular formula is C11H23NO2S. The Morgan fingerprint density at radius 2 is 2.07 bits per heavy atom. The van der Waals surface area contributed by atoms with Crippen molar-refractivity contribution in [1.82, 2.24) is 5.32 Å². The second kappa shape index (κ2) is 9.04. The lowest BCUT2D eigenvalue weighted by Crippen LogP contribution is -2.40. The highest BCUT2D eigenvalue weighted by Crippen LogP contribution is 2.14. The van der Waals surface area contributed by atoms with E-state index >= 15 is 0 Å². The van der Waals surface area contributed by atoms with Gasteiger partial charge in [-0.25, -0.2) is 0 Å². The van der Waals surface area contributed by atoms with Crippen LogP contribution in [0.15, 0.2) is 0 Å². The number of rotatable bonds is 8. The van der Waals surface area contributed by atoms with Crippen molar-refractivity contribution in [2.75, 3.05) is 12.4 Å². The molecule has 0 aliphatic carbocycles. The Hall–Kier alpha value is -0.220. The average molecular weight is 233 g/mol. The van der Waals surface area contributed by atoms with Crippen molar-refractivity contribution in [2.24, 2.45) is 0 Å². The lowest BCUT2D eigenvalue weighted by molar-refractivity contribution is -0.145. The van der Waals surface area contributed by atoms with Gasteiger partial charge in [0.2, 0.25) is 0 Å². The molecule has 0 radical (unpaired) electrons. The Bertz CT molecular complexity index is 170. The summed E-state index contributed by atoms with van der Waals surface area (Å²) < 4.78 is 4.95. The Kier molecular flexibility index (Phi) is 8.91. The van der Waals surface area contributed by atoms with Gasteiger partial charge in [-0.3, -0.25) is 10.1 Å². The van der Waals surface area contributed by atoms with E-state index in [4.69, 9.17) is 4.74 Å². The van der Waals surface area contributed by atoms with Gasteiger partial charge in [0, 0.05) is 0 Å². The Morgan fingerprint density at radius 3 is 2.53 bits per heavy atom. The first-order valence-corrected chi connectivity index (χ1v) is 6.74. The highest BCUT2D eigenvalue weighted by Gasteiger charge is 2.17. The van der Waals surface area contributed by atoms with E-state index in [-0.39, 0.29) is 12.0 Å². The molecule has 0 aliphatic heterocycles. The van der Waals surface area contributed by atoms with Gasteiger partial charge in [0.05, 0.1) is 12.0 Å². The van der Waals surface area contributed by atoms with E-state index in [0.717, 1.165) is 18.6 Å². The third kappa shape index (κ3) is 6.79. The number of carbonyl (C=O) groups is 1. The number of thioether (sulfide) groups is 1. The molecule has 1 unspecified atom stereocenters. The topological polar surface area (TPSA) is 38.3 Å². The van der Waals surface area contributed by atoms with Gasteiger partial charge < -0.3 is 4.74 Å². The van der Waals surface area contributed by atoms with Crippen LogP contribution in [0, 0.1) is 0 Å². The molecule has 0 saturated carbocycles. The van der Waals surface area contributed by atoms with Crippen LogP contribution in [0.2, 0.25) is 0 Å². The van der Waals surface area contributed by atoms with Crippen LogP contribution in [0.1, 0.15) is 40.5 Å². The summed E-state index contributed by atoms with van der Waals surface area (Å²) in [5.74, 6) is 0.906. The van der Waals surface area contributed by atoms with E-state index < -0.39 is 0 Å². The second-order valence-electron chi connectivity index (χ2n) is 3.37. The van der Waals surface area contributed by atoms with Gasteiger partial charge in [-0.05, 0) is 26.0 Å². The van der Waals surface area contributed by atoms with Crippen molar-refractivity contribution < 1.29 is 9.53 Å². The van der Waals surface area contributed by atoms with Gasteiger partial charge in [0.25, 0.3) is 0 Å². The lowest BCUT2D eigenvalue weighted by Gasteiger charge is -2.21. The summed E-state index contributed by atoms with van der Waals surface area (Å²) in [7, 11) is 0. The fourth-order valence-corrected chi connectivity index (χ4v) is 2.40. The monoisotopic (exact) mass is 233 g/mol. The van der Waals surface area contributed by atoms with Crippen molar-refractivity contribution in [3.63, 3.8) is 0 Å². The zero-order chi connectivity index (χ0) is 11.7. The van der Waals surface area contributed by atoms with Crippen LogP contribution in [0.3, 0.4) is 0 Å². The van der Waals surface area contributed by atoms with E-state index in [1.54, 1.807) is 0 Å². The molecule has 0 rings (SSSR count). The maximum atomic E-state index is 11.4. The number of esters is 1. The molecule has 0 bridgehead atoms. The number of hydrogen-bond acceptors (Lipinski definition) is 4. The van der Waals surface area contributed by atoms with Crippen LogP contribution in [0.25, 0.3) is 0 Å². The van der Waals surface area contributed by atoms with Crippen LogP contribution >= 0.6 is 11.8 Å². The van der Waals surface area contributed by atoms with Crippen molar-refractivity contribution >= 4 is 17.7 Å². The number of nitrogens with one attached hydrogen (secondary N) is 1. The first-order chi connectivity index (χ1) is 7.15. The predicted octanol–water partition coefficient (Wildman–Crippen LogP) is 2.41. The largest absolute Gasteiger partial charge is 0.465 e. The maximum absolute atomic E-state index is 11.4. The standard InChI is InChI=1S/C11H23NO2S/c1-5-8-10(15-7-3)12-9(4)11(13)14-6-2/h9-10,12H,5-8H2,1-4H3/t9-,10?/m0/s1. The van der Waals surface area contributed by atoms with Gasteiger partial charge in [-0.2, -0.15) is 0 Å². The van der Waals surface area contributed by atoms with Crippen molar-refractivity contribution in [3.8, 4) is 0 Å². The molecule has 15 heavy (non-hydrogen) atoms. The van der Waals surface area contributed by atoms with E-state index in [9.17, 15) is 4.79 Å². The lowest BCUT2D eigenvalue weighted by atomic mass is 10.3. The summed E-state index contributed by atoms with van der Waals surface area (Å²) in [6.07, 6.45) is 2.21. The average Bonchev–Trinajstić information content (AvgIpc) is 2.18. The minimum absolute atomic E-state index is 0.157. The van der Waals surface area contributed by atoms with Gasteiger partial charge >= 0.3 is 5.97 Å². The highest BCUT2D eigenvalue weighted by atomic mass is 32.2. The highest BCUT2D eigenvalue weighted by molar-refractivity contribution is 7.99. The third-order valence-corrected chi connectivity index (χ3v) is 3.10. The normalized spacial score (nSPS) is 14.7. The van der Waals surface area contributed by atoms with Crippen molar-refractivity contribution in [1.29, 1.82) is 0 Å². The Labute approximate surface area is 97.3 Å². The molecule has 0 saturated heterocycles. The molecule has 0 aromatic rings. The van der Waals surface area contributed by atoms with E-state index in [2.05, 4.69) is 19.2 Å². The summed E-state index contributed by atoms with van der Waals surface area (Å²) in [5, 5.41) is 3.65. The zero-order valence-electron chi connectivity index (χ0n) is 10.2. The molecule has 0 fully saturated rings. The zero-order valence-corrected chi connectivity index (χ0v) is 11.0.